The monoisotopic (exact) mass is 324 g/mol. The van der Waals surface area contributed by atoms with Gasteiger partial charge in [0.05, 0.1) is 13.3 Å². The molecule has 0 bridgehead atoms. The molecule has 0 aliphatic carbocycles. The Kier molecular flexibility index (Phi) is 4.51. The average molecular weight is 324 g/mol. The Morgan fingerprint density at radius 2 is 2.00 bits per heavy atom. The molecule has 7 heteroatoms. The van der Waals surface area contributed by atoms with Gasteiger partial charge < -0.3 is 9.47 Å². The van der Waals surface area contributed by atoms with E-state index in [4.69, 9.17) is 9.47 Å². The molecule has 0 atom stereocenters. The van der Waals surface area contributed by atoms with Crippen molar-refractivity contribution in [2.75, 3.05) is 7.11 Å². The number of hydrogen-bond acceptors (Lipinski definition) is 6. The van der Waals surface area contributed by atoms with Gasteiger partial charge in [-0.1, -0.05) is 30.3 Å². The molecule has 122 valence electrons. The van der Waals surface area contributed by atoms with Crippen LogP contribution in [0.5, 0.6) is 5.88 Å². The van der Waals surface area contributed by atoms with E-state index in [2.05, 4.69) is 15.2 Å². The van der Waals surface area contributed by atoms with Gasteiger partial charge in [0, 0.05) is 18.8 Å². The van der Waals surface area contributed by atoms with Gasteiger partial charge in [0.2, 0.25) is 5.88 Å². The number of aromatic nitrogens is 4. The molecule has 0 spiro atoms. The SMILES string of the molecule is COC(=O)c1cc(-c2cnn(C)n2)cnc1OCc1ccccc1. The third-order valence-corrected chi connectivity index (χ3v) is 3.37. The molecule has 3 aromatic rings. The second-order valence-electron chi connectivity index (χ2n) is 5.06. The standard InChI is InChI=1S/C17H16N4O3/c1-21-19-10-15(20-21)13-8-14(17(22)23-2)16(18-9-13)24-11-12-6-4-3-5-7-12/h3-10H,11H2,1-2H3. The molecule has 7 nitrogen and oxygen atoms in total. The number of carbonyl (C=O) groups excluding carboxylic acids is 1. The number of nitrogens with zero attached hydrogens (tertiary/aromatic N) is 4. The first-order valence-corrected chi connectivity index (χ1v) is 7.29. The van der Waals surface area contributed by atoms with E-state index in [1.54, 1.807) is 25.5 Å². The highest BCUT2D eigenvalue weighted by Crippen LogP contribution is 2.24. The number of rotatable bonds is 5. The van der Waals surface area contributed by atoms with Crippen LogP contribution in [0.4, 0.5) is 0 Å². The molecule has 0 fully saturated rings. The van der Waals surface area contributed by atoms with E-state index < -0.39 is 5.97 Å². The summed E-state index contributed by atoms with van der Waals surface area (Å²) in [5, 5.41) is 8.22. The predicted molar refractivity (Wildman–Crippen MR) is 86.3 cm³/mol. The van der Waals surface area contributed by atoms with Gasteiger partial charge in [-0.25, -0.2) is 9.78 Å². The summed E-state index contributed by atoms with van der Waals surface area (Å²) in [5.41, 5.74) is 2.50. The van der Waals surface area contributed by atoms with E-state index in [-0.39, 0.29) is 11.4 Å². The van der Waals surface area contributed by atoms with Gasteiger partial charge in [-0.2, -0.15) is 15.0 Å². The third kappa shape index (κ3) is 3.40. The summed E-state index contributed by atoms with van der Waals surface area (Å²) in [5.74, 6) is -0.297. The summed E-state index contributed by atoms with van der Waals surface area (Å²) in [6.45, 7) is 0.308. The van der Waals surface area contributed by atoms with E-state index >= 15 is 0 Å². The normalized spacial score (nSPS) is 10.4. The van der Waals surface area contributed by atoms with Gasteiger partial charge in [-0.3, -0.25) is 0 Å². The number of carbonyl (C=O) groups is 1. The molecule has 2 heterocycles. The number of benzene rings is 1. The molecule has 0 unspecified atom stereocenters. The first-order chi connectivity index (χ1) is 11.7. The fourth-order valence-electron chi connectivity index (χ4n) is 2.17. The number of ether oxygens (including phenoxy) is 2. The molecule has 24 heavy (non-hydrogen) atoms. The first kappa shape index (κ1) is 15.7. The molecule has 3 rings (SSSR count). The van der Waals surface area contributed by atoms with Crippen molar-refractivity contribution in [3.8, 4) is 17.1 Å². The largest absolute Gasteiger partial charge is 0.472 e. The van der Waals surface area contributed by atoms with E-state index in [9.17, 15) is 4.79 Å². The maximum absolute atomic E-state index is 12.1. The summed E-state index contributed by atoms with van der Waals surface area (Å²) in [4.78, 5) is 17.7. The minimum atomic E-state index is -0.517. The minimum absolute atomic E-state index is 0.221. The number of pyridine rings is 1. The molecule has 0 saturated carbocycles. The summed E-state index contributed by atoms with van der Waals surface area (Å²) in [7, 11) is 3.04. The Morgan fingerprint density at radius 3 is 2.67 bits per heavy atom. The summed E-state index contributed by atoms with van der Waals surface area (Å²) < 4.78 is 10.5. The second-order valence-corrected chi connectivity index (χ2v) is 5.06. The molecule has 1 aromatic carbocycles. The lowest BCUT2D eigenvalue weighted by atomic mass is 10.1. The lowest BCUT2D eigenvalue weighted by Crippen LogP contribution is -2.08. The fourth-order valence-corrected chi connectivity index (χ4v) is 2.17. The molecule has 0 radical (unpaired) electrons. The van der Waals surface area contributed by atoms with Crippen molar-refractivity contribution in [2.45, 2.75) is 6.61 Å². The van der Waals surface area contributed by atoms with Crippen molar-refractivity contribution in [3.05, 3.63) is 59.9 Å². The summed E-state index contributed by atoms with van der Waals surface area (Å²) in [6, 6.07) is 11.3. The lowest BCUT2D eigenvalue weighted by molar-refractivity contribution is 0.0594. The fraction of sp³-hybridized carbons (Fsp3) is 0.176. The Morgan fingerprint density at radius 1 is 1.21 bits per heavy atom. The molecule has 0 saturated heterocycles. The molecule has 2 aromatic heterocycles. The number of aryl methyl sites for hydroxylation is 1. The lowest BCUT2D eigenvalue weighted by Gasteiger charge is -2.10. The van der Waals surface area contributed by atoms with Crippen molar-refractivity contribution in [1.29, 1.82) is 0 Å². The quantitative estimate of drug-likeness (QED) is 0.670. The predicted octanol–water partition coefficient (Wildman–Crippen LogP) is 2.24. The van der Waals surface area contributed by atoms with Crippen LogP contribution in [0.15, 0.2) is 48.8 Å². The van der Waals surface area contributed by atoms with E-state index in [1.165, 1.54) is 11.9 Å². The first-order valence-electron chi connectivity index (χ1n) is 7.29. The van der Waals surface area contributed by atoms with Crippen LogP contribution < -0.4 is 4.74 Å². The zero-order valence-corrected chi connectivity index (χ0v) is 13.3. The topological polar surface area (TPSA) is 79.1 Å². The highest BCUT2D eigenvalue weighted by Gasteiger charge is 2.17. The number of methoxy groups -OCH3 is 1. The van der Waals surface area contributed by atoms with Crippen molar-refractivity contribution in [1.82, 2.24) is 20.0 Å². The summed E-state index contributed by atoms with van der Waals surface area (Å²) in [6.07, 6.45) is 3.19. The molecule has 0 aliphatic heterocycles. The summed E-state index contributed by atoms with van der Waals surface area (Å²) >= 11 is 0. The number of hydrogen-bond donors (Lipinski definition) is 0. The zero-order valence-electron chi connectivity index (χ0n) is 13.3. The van der Waals surface area contributed by atoms with Crippen LogP contribution in [0.3, 0.4) is 0 Å². The zero-order chi connectivity index (χ0) is 16.9. The molecule has 0 amide bonds. The van der Waals surface area contributed by atoms with Crippen LogP contribution in [-0.4, -0.2) is 33.1 Å². The van der Waals surface area contributed by atoms with Crippen molar-refractivity contribution in [2.24, 2.45) is 7.05 Å². The van der Waals surface area contributed by atoms with Crippen molar-refractivity contribution >= 4 is 5.97 Å². The molecular weight excluding hydrogens is 308 g/mol. The highest BCUT2D eigenvalue weighted by atomic mass is 16.5. The van der Waals surface area contributed by atoms with E-state index in [0.29, 0.717) is 17.9 Å². The van der Waals surface area contributed by atoms with Crippen LogP contribution in [0.25, 0.3) is 11.3 Å². The van der Waals surface area contributed by atoms with Crippen molar-refractivity contribution in [3.63, 3.8) is 0 Å². The van der Waals surface area contributed by atoms with Crippen LogP contribution >= 0.6 is 0 Å². The Bertz CT molecular complexity index is 846. The van der Waals surface area contributed by atoms with E-state index in [1.807, 2.05) is 30.3 Å². The van der Waals surface area contributed by atoms with Crippen LogP contribution in [-0.2, 0) is 18.4 Å². The van der Waals surface area contributed by atoms with Crippen LogP contribution in [0.1, 0.15) is 15.9 Å². The van der Waals surface area contributed by atoms with Crippen LogP contribution in [0.2, 0.25) is 0 Å². The Labute approximate surface area is 138 Å². The van der Waals surface area contributed by atoms with Gasteiger partial charge >= 0.3 is 5.97 Å². The van der Waals surface area contributed by atoms with Gasteiger partial charge in [0.15, 0.2) is 0 Å². The van der Waals surface area contributed by atoms with Gasteiger partial charge in [-0.05, 0) is 11.6 Å². The van der Waals surface area contributed by atoms with E-state index in [0.717, 1.165) is 5.56 Å². The second kappa shape index (κ2) is 6.91. The van der Waals surface area contributed by atoms with Gasteiger partial charge in [-0.15, -0.1) is 0 Å². The molecule has 0 N–H and O–H groups in total. The molecular formula is C17H16N4O3. The Hall–Kier alpha value is -3.22. The van der Waals surface area contributed by atoms with Gasteiger partial charge in [0.1, 0.15) is 17.9 Å². The van der Waals surface area contributed by atoms with Crippen LogP contribution in [0, 0.1) is 0 Å². The van der Waals surface area contributed by atoms with Crippen molar-refractivity contribution < 1.29 is 14.3 Å². The Balaban J connectivity index is 1.89. The maximum atomic E-state index is 12.1. The smallest absolute Gasteiger partial charge is 0.343 e. The average Bonchev–Trinajstić information content (AvgIpc) is 3.06. The maximum Gasteiger partial charge on any atom is 0.343 e. The highest BCUT2D eigenvalue weighted by molar-refractivity contribution is 5.93. The third-order valence-electron chi connectivity index (χ3n) is 3.37. The van der Waals surface area contributed by atoms with Gasteiger partial charge in [0.25, 0.3) is 0 Å². The number of esters is 1. The molecule has 0 aliphatic rings. The minimum Gasteiger partial charge on any atom is -0.472 e.